The average molecular weight is 554 g/mol. The molecule has 0 unspecified atom stereocenters. The minimum Gasteiger partial charge on any atom is -0.293 e. The third-order valence-electron chi connectivity index (χ3n) is 5.95. The van der Waals surface area contributed by atoms with Crippen LogP contribution in [0, 0.1) is 0 Å². The molecule has 2 heterocycles. The third-order valence-corrected chi connectivity index (χ3v) is 6.86. The van der Waals surface area contributed by atoms with E-state index in [2.05, 4.69) is 133 Å². The lowest BCUT2D eigenvalue weighted by atomic mass is 9.98. The SMILES string of the molecule is Brc1cc(Br)cc(-c2cccc(-c3ccccc3-n3c4ccccc4c4cccnc43)c2)c1. The number of pyridine rings is 1. The Labute approximate surface area is 208 Å². The van der Waals surface area contributed by atoms with Crippen LogP contribution in [0.15, 0.2) is 118 Å². The van der Waals surface area contributed by atoms with Gasteiger partial charge in [0.1, 0.15) is 5.65 Å². The molecule has 0 aliphatic carbocycles. The van der Waals surface area contributed by atoms with E-state index in [4.69, 9.17) is 4.98 Å². The fourth-order valence-electron chi connectivity index (χ4n) is 4.54. The molecular formula is C29H18Br2N2. The van der Waals surface area contributed by atoms with Crippen molar-refractivity contribution in [2.45, 2.75) is 0 Å². The molecule has 0 bridgehead atoms. The Bertz CT molecular complexity index is 1580. The number of hydrogen-bond acceptors (Lipinski definition) is 1. The van der Waals surface area contributed by atoms with Crippen molar-refractivity contribution < 1.29 is 0 Å². The zero-order valence-corrected chi connectivity index (χ0v) is 20.7. The number of benzene rings is 4. The molecule has 6 rings (SSSR count). The van der Waals surface area contributed by atoms with Crippen LogP contribution in [0.5, 0.6) is 0 Å². The second-order valence-corrected chi connectivity index (χ2v) is 9.81. The van der Waals surface area contributed by atoms with E-state index in [0.717, 1.165) is 36.7 Å². The van der Waals surface area contributed by atoms with Crippen LogP contribution in [0.25, 0.3) is 49.9 Å². The number of halogens is 2. The predicted molar refractivity (Wildman–Crippen MR) is 145 cm³/mol. The Kier molecular flexibility index (Phi) is 5.12. The summed E-state index contributed by atoms with van der Waals surface area (Å²) >= 11 is 7.23. The number of para-hydroxylation sites is 2. The van der Waals surface area contributed by atoms with Crippen LogP contribution in [-0.4, -0.2) is 9.55 Å². The van der Waals surface area contributed by atoms with Crippen molar-refractivity contribution in [1.29, 1.82) is 0 Å². The molecule has 0 saturated carbocycles. The second-order valence-electron chi connectivity index (χ2n) is 7.98. The molecule has 0 atom stereocenters. The first-order chi connectivity index (χ1) is 16.2. The molecule has 2 aromatic heterocycles. The van der Waals surface area contributed by atoms with E-state index >= 15 is 0 Å². The quantitative estimate of drug-likeness (QED) is 0.214. The van der Waals surface area contributed by atoms with Gasteiger partial charge in [0.15, 0.2) is 0 Å². The smallest absolute Gasteiger partial charge is 0.145 e. The second kappa shape index (κ2) is 8.29. The number of rotatable bonds is 3. The van der Waals surface area contributed by atoms with Crippen molar-refractivity contribution in [2.24, 2.45) is 0 Å². The number of fused-ring (bicyclic) bond motifs is 3. The van der Waals surface area contributed by atoms with Gasteiger partial charge in [-0.05, 0) is 65.2 Å². The topological polar surface area (TPSA) is 17.8 Å². The maximum atomic E-state index is 4.77. The summed E-state index contributed by atoms with van der Waals surface area (Å²) in [5.41, 5.74) is 7.92. The molecule has 0 saturated heterocycles. The highest BCUT2D eigenvalue weighted by Gasteiger charge is 2.16. The van der Waals surface area contributed by atoms with E-state index in [-0.39, 0.29) is 0 Å². The van der Waals surface area contributed by atoms with Gasteiger partial charge in [-0.3, -0.25) is 4.57 Å². The number of nitrogens with zero attached hydrogens (tertiary/aromatic N) is 2. The zero-order chi connectivity index (χ0) is 22.4. The van der Waals surface area contributed by atoms with Crippen LogP contribution in [0.1, 0.15) is 0 Å². The Morgan fingerprint density at radius 2 is 1.30 bits per heavy atom. The summed E-state index contributed by atoms with van der Waals surface area (Å²) in [4.78, 5) is 4.77. The van der Waals surface area contributed by atoms with Gasteiger partial charge in [-0.15, -0.1) is 0 Å². The van der Waals surface area contributed by atoms with Crippen LogP contribution in [0.4, 0.5) is 0 Å². The monoisotopic (exact) mass is 552 g/mol. The molecule has 6 aromatic rings. The molecular weight excluding hydrogens is 536 g/mol. The minimum absolute atomic E-state index is 0.971. The molecule has 4 aromatic carbocycles. The van der Waals surface area contributed by atoms with E-state index in [1.165, 1.54) is 22.1 Å². The highest BCUT2D eigenvalue weighted by Crippen LogP contribution is 2.36. The van der Waals surface area contributed by atoms with Crippen LogP contribution >= 0.6 is 31.9 Å². The number of aromatic nitrogens is 2. The lowest BCUT2D eigenvalue weighted by molar-refractivity contribution is 1.14. The lowest BCUT2D eigenvalue weighted by Crippen LogP contribution is -1.98. The van der Waals surface area contributed by atoms with E-state index in [9.17, 15) is 0 Å². The standard InChI is InChI=1S/C29H18Br2N2/c30-22-16-21(17-23(31)18-22)19-7-5-8-20(15-19)24-9-1-3-12-27(24)33-28-13-4-2-10-25(28)26-11-6-14-32-29(26)33/h1-18H. The van der Waals surface area contributed by atoms with Crippen LogP contribution < -0.4 is 0 Å². The molecule has 0 spiro atoms. The van der Waals surface area contributed by atoms with Gasteiger partial charge < -0.3 is 0 Å². The third kappa shape index (κ3) is 3.60. The summed E-state index contributed by atoms with van der Waals surface area (Å²) in [5, 5.41) is 2.37. The van der Waals surface area contributed by atoms with E-state index < -0.39 is 0 Å². The van der Waals surface area contributed by atoms with Gasteiger partial charge in [0, 0.05) is 31.5 Å². The Morgan fingerprint density at radius 3 is 2.18 bits per heavy atom. The maximum absolute atomic E-state index is 4.77. The largest absolute Gasteiger partial charge is 0.293 e. The van der Waals surface area contributed by atoms with Crippen molar-refractivity contribution >= 4 is 53.8 Å². The molecule has 0 amide bonds. The molecule has 2 nitrogen and oxygen atoms in total. The first-order valence-electron chi connectivity index (χ1n) is 10.7. The fraction of sp³-hybridized carbons (Fsp3) is 0. The lowest BCUT2D eigenvalue weighted by Gasteiger charge is -2.14. The summed E-state index contributed by atoms with van der Waals surface area (Å²) in [6.45, 7) is 0. The normalized spacial score (nSPS) is 11.3. The first kappa shape index (κ1) is 20.4. The summed E-state index contributed by atoms with van der Waals surface area (Å²) < 4.78 is 4.38. The van der Waals surface area contributed by atoms with E-state index in [0.29, 0.717) is 0 Å². The molecule has 0 fully saturated rings. The summed E-state index contributed by atoms with van der Waals surface area (Å²) in [6, 6.07) is 36.3. The highest BCUT2D eigenvalue weighted by atomic mass is 79.9. The van der Waals surface area contributed by atoms with Crippen molar-refractivity contribution in [3.63, 3.8) is 0 Å². The first-order valence-corrected chi connectivity index (χ1v) is 12.3. The fourth-order valence-corrected chi connectivity index (χ4v) is 5.83. The average Bonchev–Trinajstić information content (AvgIpc) is 3.18. The van der Waals surface area contributed by atoms with Gasteiger partial charge in [-0.2, -0.15) is 0 Å². The van der Waals surface area contributed by atoms with Crippen molar-refractivity contribution in [3.8, 4) is 27.9 Å². The molecule has 0 N–H and O–H groups in total. The van der Waals surface area contributed by atoms with Crippen LogP contribution in [0.3, 0.4) is 0 Å². The molecule has 4 heteroatoms. The molecule has 33 heavy (non-hydrogen) atoms. The van der Waals surface area contributed by atoms with Crippen molar-refractivity contribution in [1.82, 2.24) is 9.55 Å². The summed E-state index contributed by atoms with van der Waals surface area (Å²) in [5.74, 6) is 0. The maximum Gasteiger partial charge on any atom is 0.145 e. The summed E-state index contributed by atoms with van der Waals surface area (Å²) in [7, 11) is 0. The van der Waals surface area contributed by atoms with Gasteiger partial charge in [0.25, 0.3) is 0 Å². The van der Waals surface area contributed by atoms with Gasteiger partial charge in [0.05, 0.1) is 11.2 Å². The molecule has 158 valence electrons. The minimum atomic E-state index is 0.971. The number of hydrogen-bond donors (Lipinski definition) is 0. The van der Waals surface area contributed by atoms with E-state index in [1.54, 1.807) is 0 Å². The van der Waals surface area contributed by atoms with Crippen molar-refractivity contribution in [2.75, 3.05) is 0 Å². The van der Waals surface area contributed by atoms with Gasteiger partial charge in [-0.1, -0.05) is 86.5 Å². The van der Waals surface area contributed by atoms with Gasteiger partial charge >= 0.3 is 0 Å². The molecule has 0 radical (unpaired) electrons. The zero-order valence-electron chi connectivity index (χ0n) is 17.5. The van der Waals surface area contributed by atoms with Gasteiger partial charge in [-0.25, -0.2) is 4.98 Å². The van der Waals surface area contributed by atoms with Crippen LogP contribution in [-0.2, 0) is 0 Å². The molecule has 0 aliphatic rings. The van der Waals surface area contributed by atoms with Gasteiger partial charge in [0.2, 0.25) is 0 Å². The van der Waals surface area contributed by atoms with E-state index in [1.807, 2.05) is 12.3 Å². The molecule has 0 aliphatic heterocycles. The predicted octanol–water partition coefficient (Wildman–Crippen LogP) is 9.04. The summed E-state index contributed by atoms with van der Waals surface area (Å²) in [6.07, 6.45) is 1.87. The van der Waals surface area contributed by atoms with Crippen LogP contribution in [0.2, 0.25) is 0 Å². The van der Waals surface area contributed by atoms with Crippen molar-refractivity contribution in [3.05, 3.63) is 118 Å². The Morgan fingerprint density at radius 1 is 0.576 bits per heavy atom. The highest BCUT2D eigenvalue weighted by molar-refractivity contribution is 9.11. The Hall–Kier alpha value is -3.21. The Balaban J connectivity index is 1.59.